The molecule has 0 radical (unpaired) electrons. The van der Waals surface area contributed by atoms with Crippen LogP contribution in [0.2, 0.25) is 0 Å². The highest BCUT2D eigenvalue weighted by Crippen LogP contribution is 2.03. The van der Waals surface area contributed by atoms with Crippen LogP contribution < -0.4 is 5.73 Å². The second-order valence-electron chi connectivity index (χ2n) is 2.61. The molecule has 15 heavy (non-hydrogen) atoms. The first kappa shape index (κ1) is 13.4. The molecule has 0 aliphatic rings. The highest BCUT2D eigenvalue weighted by atomic mass is 32.2. The van der Waals surface area contributed by atoms with Crippen LogP contribution in [0, 0.1) is 11.3 Å². The van der Waals surface area contributed by atoms with Crippen LogP contribution >= 0.6 is 0 Å². The van der Waals surface area contributed by atoms with E-state index in [0.717, 1.165) is 0 Å². The zero-order valence-corrected chi connectivity index (χ0v) is 9.03. The maximum absolute atomic E-state index is 9.56. The van der Waals surface area contributed by atoms with E-state index >= 15 is 0 Å². The minimum Gasteiger partial charge on any atom is -0.399 e. The Morgan fingerprint density at radius 2 is 2.07 bits per heavy atom. The summed E-state index contributed by atoms with van der Waals surface area (Å²) in [6.45, 7) is 1.37. The fourth-order valence-electron chi connectivity index (χ4n) is 0.608. The zero-order chi connectivity index (χ0) is 11.9. The summed E-state index contributed by atoms with van der Waals surface area (Å²) in [6.07, 6.45) is 0. The van der Waals surface area contributed by atoms with E-state index in [1.165, 1.54) is 6.92 Å². The molecular weight excluding hydrogens is 216 g/mol. The van der Waals surface area contributed by atoms with Crippen LogP contribution in [0.3, 0.4) is 0 Å². The molecule has 0 aliphatic heterocycles. The molecule has 0 aliphatic carbocycles. The van der Waals surface area contributed by atoms with Crippen molar-refractivity contribution in [2.24, 2.45) is 0 Å². The van der Waals surface area contributed by atoms with E-state index in [0.29, 0.717) is 11.3 Å². The third-order valence-electron chi connectivity index (χ3n) is 1.38. The predicted octanol–water partition coefficient (Wildman–Crippen LogP) is 1.03. The average molecular weight is 228 g/mol. The molecule has 0 bridgehead atoms. The lowest BCUT2D eigenvalue weighted by Crippen LogP contribution is -1.97. The van der Waals surface area contributed by atoms with Crippen molar-refractivity contribution in [3.8, 4) is 6.07 Å². The van der Waals surface area contributed by atoms with E-state index in [-0.39, 0.29) is 5.75 Å². The Kier molecular flexibility index (Phi) is 5.37. The topological polar surface area (TPSA) is 104 Å². The van der Waals surface area contributed by atoms with Gasteiger partial charge in [-0.3, -0.25) is 4.55 Å². The minimum absolute atomic E-state index is 0.201. The molecule has 6 heteroatoms. The van der Waals surface area contributed by atoms with Gasteiger partial charge in [0.05, 0.1) is 17.4 Å². The quantitative estimate of drug-likeness (QED) is 0.552. The molecule has 0 aromatic heterocycles. The van der Waals surface area contributed by atoms with Crippen LogP contribution in [0.4, 0.5) is 5.69 Å². The largest absolute Gasteiger partial charge is 0.399 e. The molecule has 5 nitrogen and oxygen atoms in total. The second kappa shape index (κ2) is 6.01. The lowest BCUT2D eigenvalue weighted by molar-refractivity contribution is 0.484. The first-order valence-corrected chi connectivity index (χ1v) is 5.70. The first-order valence-electron chi connectivity index (χ1n) is 4.10. The van der Waals surface area contributed by atoms with Gasteiger partial charge in [0, 0.05) is 5.69 Å². The summed E-state index contributed by atoms with van der Waals surface area (Å²) in [4.78, 5) is 0. The van der Waals surface area contributed by atoms with Gasteiger partial charge in [-0.2, -0.15) is 13.7 Å². The van der Waals surface area contributed by atoms with E-state index in [4.69, 9.17) is 15.5 Å². The maximum atomic E-state index is 9.56. The normalized spacial score (nSPS) is 9.67. The van der Waals surface area contributed by atoms with Crippen LogP contribution in [0.25, 0.3) is 0 Å². The molecular formula is C9H12N2O3S. The summed E-state index contributed by atoms with van der Waals surface area (Å²) >= 11 is 0. The van der Waals surface area contributed by atoms with Crippen molar-refractivity contribution >= 4 is 15.8 Å². The van der Waals surface area contributed by atoms with Crippen molar-refractivity contribution in [1.82, 2.24) is 0 Å². The van der Waals surface area contributed by atoms with Crippen molar-refractivity contribution < 1.29 is 13.0 Å². The fourth-order valence-corrected chi connectivity index (χ4v) is 0.608. The number of rotatable bonds is 1. The summed E-state index contributed by atoms with van der Waals surface area (Å²) in [7, 11) is -3.66. The van der Waals surface area contributed by atoms with Crippen LogP contribution in [-0.4, -0.2) is 18.7 Å². The van der Waals surface area contributed by atoms with Gasteiger partial charge in [-0.15, -0.1) is 0 Å². The molecule has 0 saturated carbocycles. The van der Waals surface area contributed by atoms with Crippen molar-refractivity contribution in [1.29, 1.82) is 5.26 Å². The van der Waals surface area contributed by atoms with Gasteiger partial charge in [-0.1, -0.05) is 6.07 Å². The lowest BCUT2D eigenvalue weighted by Gasteiger charge is -1.89. The Bertz CT molecular complexity index is 449. The monoisotopic (exact) mass is 228 g/mol. The zero-order valence-electron chi connectivity index (χ0n) is 8.21. The van der Waals surface area contributed by atoms with E-state index in [2.05, 4.69) is 0 Å². The van der Waals surface area contributed by atoms with Crippen LogP contribution in [-0.2, 0) is 10.1 Å². The number of nitriles is 1. The number of hydrogen-bond acceptors (Lipinski definition) is 4. The molecule has 0 unspecified atom stereocenters. The SMILES string of the molecule is CCS(=O)(=O)O.N#Cc1cccc(N)c1. The molecule has 3 N–H and O–H groups in total. The van der Waals surface area contributed by atoms with Crippen LogP contribution in [0.1, 0.15) is 12.5 Å². The van der Waals surface area contributed by atoms with Gasteiger partial charge in [0.15, 0.2) is 0 Å². The molecule has 0 amide bonds. The van der Waals surface area contributed by atoms with Crippen molar-refractivity contribution in [3.05, 3.63) is 29.8 Å². The Labute approximate surface area is 88.9 Å². The number of nitrogen functional groups attached to an aromatic ring is 1. The van der Waals surface area contributed by atoms with Crippen molar-refractivity contribution in [3.63, 3.8) is 0 Å². The molecule has 0 atom stereocenters. The predicted molar refractivity (Wildman–Crippen MR) is 57.7 cm³/mol. The third-order valence-corrected chi connectivity index (χ3v) is 2.11. The highest BCUT2D eigenvalue weighted by Gasteiger charge is 1.93. The maximum Gasteiger partial charge on any atom is 0.264 e. The fraction of sp³-hybridized carbons (Fsp3) is 0.222. The Morgan fingerprint density at radius 1 is 1.53 bits per heavy atom. The summed E-state index contributed by atoms with van der Waals surface area (Å²) < 4.78 is 26.9. The van der Waals surface area contributed by atoms with E-state index in [1.807, 2.05) is 6.07 Å². The number of anilines is 1. The summed E-state index contributed by atoms with van der Waals surface area (Å²) in [6, 6.07) is 8.85. The van der Waals surface area contributed by atoms with Gasteiger partial charge in [-0.25, -0.2) is 0 Å². The van der Waals surface area contributed by atoms with E-state index < -0.39 is 10.1 Å². The molecule has 1 aromatic rings. The van der Waals surface area contributed by atoms with Gasteiger partial charge in [-0.05, 0) is 25.1 Å². The molecule has 0 spiro atoms. The second-order valence-corrected chi connectivity index (χ2v) is 4.35. The lowest BCUT2D eigenvalue weighted by atomic mass is 10.2. The average Bonchev–Trinajstić information content (AvgIpc) is 2.18. The molecule has 1 rings (SSSR count). The van der Waals surface area contributed by atoms with Crippen LogP contribution in [0.5, 0.6) is 0 Å². The first-order chi connectivity index (χ1) is 6.89. The molecule has 1 aromatic carbocycles. The van der Waals surface area contributed by atoms with Gasteiger partial charge in [0.25, 0.3) is 10.1 Å². The number of nitrogens with zero attached hydrogens (tertiary/aromatic N) is 1. The molecule has 0 fully saturated rings. The van der Waals surface area contributed by atoms with E-state index in [9.17, 15) is 8.42 Å². The molecule has 0 saturated heterocycles. The number of benzene rings is 1. The number of nitrogens with two attached hydrogens (primary N) is 1. The summed E-state index contributed by atoms with van der Waals surface area (Å²) in [5.74, 6) is -0.201. The summed E-state index contributed by atoms with van der Waals surface area (Å²) in [5, 5.41) is 8.36. The van der Waals surface area contributed by atoms with Crippen molar-refractivity contribution in [2.75, 3.05) is 11.5 Å². The highest BCUT2D eigenvalue weighted by molar-refractivity contribution is 7.85. The van der Waals surface area contributed by atoms with Crippen molar-refractivity contribution in [2.45, 2.75) is 6.92 Å². The van der Waals surface area contributed by atoms with Gasteiger partial charge < -0.3 is 5.73 Å². The Balaban J connectivity index is 0.000000288. The Morgan fingerprint density at radius 3 is 2.33 bits per heavy atom. The molecule has 82 valence electrons. The smallest absolute Gasteiger partial charge is 0.264 e. The van der Waals surface area contributed by atoms with Gasteiger partial charge in [0.1, 0.15) is 0 Å². The Hall–Kier alpha value is -1.58. The number of hydrogen-bond donors (Lipinski definition) is 2. The minimum atomic E-state index is -3.66. The summed E-state index contributed by atoms with van der Waals surface area (Å²) in [5.41, 5.74) is 6.62. The third kappa shape index (κ3) is 7.49. The van der Waals surface area contributed by atoms with Gasteiger partial charge >= 0.3 is 0 Å². The standard InChI is InChI=1S/C7H6N2.C2H6O3S/c8-5-6-2-1-3-7(9)4-6;1-2-6(3,4)5/h1-4H,9H2;2H2,1H3,(H,3,4,5). The van der Waals surface area contributed by atoms with Gasteiger partial charge in [0.2, 0.25) is 0 Å². The van der Waals surface area contributed by atoms with E-state index in [1.54, 1.807) is 24.3 Å². The molecule has 0 heterocycles. The van der Waals surface area contributed by atoms with Crippen LogP contribution in [0.15, 0.2) is 24.3 Å².